The van der Waals surface area contributed by atoms with Gasteiger partial charge in [0, 0.05) is 36.9 Å². The number of rotatable bonds is 3. The van der Waals surface area contributed by atoms with Crippen molar-refractivity contribution in [1.29, 1.82) is 0 Å². The summed E-state index contributed by atoms with van der Waals surface area (Å²) in [4.78, 5) is 2.29. The summed E-state index contributed by atoms with van der Waals surface area (Å²) in [5.41, 5.74) is 2.43. The summed E-state index contributed by atoms with van der Waals surface area (Å²) in [6.07, 6.45) is 0. The molecule has 0 radical (unpaired) electrons. The normalized spacial score (nSPS) is 16.2. The minimum Gasteiger partial charge on any atom is -0.369 e. The summed E-state index contributed by atoms with van der Waals surface area (Å²) in [6, 6.07) is 9.64. The number of aryl methyl sites for hydroxylation is 2. The fraction of sp³-hybridized carbons (Fsp3) is 0.333. The first-order valence-electron chi connectivity index (χ1n) is 8.06. The quantitative estimate of drug-likeness (QED) is 0.814. The van der Waals surface area contributed by atoms with Crippen molar-refractivity contribution < 1.29 is 12.8 Å². The van der Waals surface area contributed by atoms with E-state index in [4.69, 9.17) is 11.6 Å². The molecule has 0 aromatic heterocycles. The molecule has 1 aliphatic rings. The Morgan fingerprint density at radius 1 is 0.960 bits per heavy atom. The average Bonchev–Trinajstić information content (AvgIpc) is 2.57. The predicted molar refractivity (Wildman–Crippen MR) is 98.3 cm³/mol. The van der Waals surface area contributed by atoms with Crippen molar-refractivity contribution in [2.75, 3.05) is 31.1 Å². The predicted octanol–water partition coefficient (Wildman–Crippen LogP) is 3.61. The first-order valence-corrected chi connectivity index (χ1v) is 9.88. The fourth-order valence-corrected chi connectivity index (χ4v) is 4.81. The lowest BCUT2D eigenvalue weighted by molar-refractivity contribution is 0.384. The molecule has 1 fully saturated rings. The summed E-state index contributed by atoms with van der Waals surface area (Å²) < 4.78 is 40.4. The number of piperazine rings is 1. The molecule has 2 aromatic rings. The molecular formula is C18H20ClFN2O2S. The SMILES string of the molecule is Cc1ccc(N2CCN(S(=O)(=O)c3ccc(F)cc3C)CC2)cc1Cl. The minimum atomic E-state index is -3.62. The van der Waals surface area contributed by atoms with Crippen LogP contribution in [0.4, 0.5) is 10.1 Å². The van der Waals surface area contributed by atoms with Crippen LogP contribution in [0.25, 0.3) is 0 Å². The molecule has 3 rings (SSSR count). The summed E-state index contributed by atoms with van der Waals surface area (Å²) in [7, 11) is -3.62. The van der Waals surface area contributed by atoms with Crippen molar-refractivity contribution in [3.05, 3.63) is 58.4 Å². The number of benzene rings is 2. The molecule has 0 amide bonds. The highest BCUT2D eigenvalue weighted by atomic mass is 35.5. The molecule has 7 heteroatoms. The van der Waals surface area contributed by atoms with Crippen LogP contribution in [0.2, 0.25) is 5.02 Å². The van der Waals surface area contributed by atoms with Crippen LogP contribution in [0.5, 0.6) is 0 Å². The molecule has 0 N–H and O–H groups in total. The summed E-state index contributed by atoms with van der Waals surface area (Å²) in [5.74, 6) is -0.433. The molecule has 25 heavy (non-hydrogen) atoms. The molecule has 0 saturated carbocycles. The molecular weight excluding hydrogens is 363 g/mol. The first kappa shape index (κ1) is 18.2. The minimum absolute atomic E-state index is 0.167. The third-order valence-electron chi connectivity index (χ3n) is 4.51. The van der Waals surface area contributed by atoms with Gasteiger partial charge in [0.15, 0.2) is 0 Å². The zero-order valence-electron chi connectivity index (χ0n) is 14.2. The first-order chi connectivity index (χ1) is 11.8. The summed E-state index contributed by atoms with van der Waals surface area (Å²) >= 11 is 6.18. The Morgan fingerprint density at radius 3 is 2.24 bits per heavy atom. The van der Waals surface area contributed by atoms with E-state index in [-0.39, 0.29) is 4.90 Å². The molecule has 1 saturated heterocycles. The van der Waals surface area contributed by atoms with Gasteiger partial charge in [0.2, 0.25) is 10.0 Å². The molecule has 0 atom stereocenters. The van der Waals surface area contributed by atoms with Gasteiger partial charge in [-0.2, -0.15) is 4.31 Å². The van der Waals surface area contributed by atoms with Crippen LogP contribution in [0.1, 0.15) is 11.1 Å². The van der Waals surface area contributed by atoms with Gasteiger partial charge in [-0.1, -0.05) is 17.7 Å². The lowest BCUT2D eigenvalue weighted by atomic mass is 10.2. The van der Waals surface area contributed by atoms with Crippen LogP contribution in [0, 0.1) is 19.7 Å². The Balaban J connectivity index is 1.76. The topological polar surface area (TPSA) is 40.6 Å². The van der Waals surface area contributed by atoms with Gasteiger partial charge in [0.25, 0.3) is 0 Å². The Morgan fingerprint density at radius 2 is 1.64 bits per heavy atom. The van der Waals surface area contributed by atoms with Crippen molar-refractivity contribution in [2.24, 2.45) is 0 Å². The molecule has 0 unspecified atom stereocenters. The van der Waals surface area contributed by atoms with Gasteiger partial charge in [-0.25, -0.2) is 12.8 Å². The third kappa shape index (κ3) is 3.66. The molecule has 1 heterocycles. The van der Waals surface area contributed by atoms with Gasteiger partial charge in [-0.15, -0.1) is 0 Å². The molecule has 0 bridgehead atoms. The van der Waals surface area contributed by atoms with Gasteiger partial charge in [0.1, 0.15) is 5.82 Å². The Bertz CT molecular complexity index is 894. The number of halogens is 2. The second kappa shape index (κ2) is 6.94. The van der Waals surface area contributed by atoms with E-state index < -0.39 is 15.8 Å². The van der Waals surface area contributed by atoms with E-state index in [1.807, 2.05) is 25.1 Å². The van der Waals surface area contributed by atoms with Crippen LogP contribution in [0.3, 0.4) is 0 Å². The number of sulfonamides is 1. The maximum absolute atomic E-state index is 13.3. The van der Waals surface area contributed by atoms with E-state index >= 15 is 0 Å². The maximum atomic E-state index is 13.3. The highest BCUT2D eigenvalue weighted by Gasteiger charge is 2.29. The Labute approximate surface area is 152 Å². The zero-order chi connectivity index (χ0) is 18.2. The van der Waals surface area contributed by atoms with E-state index in [2.05, 4.69) is 4.90 Å². The van der Waals surface area contributed by atoms with Gasteiger partial charge < -0.3 is 4.90 Å². The van der Waals surface area contributed by atoms with Gasteiger partial charge >= 0.3 is 0 Å². The number of hydrogen-bond donors (Lipinski definition) is 0. The van der Waals surface area contributed by atoms with E-state index in [1.165, 1.54) is 22.5 Å². The number of nitrogens with zero attached hydrogens (tertiary/aromatic N) is 2. The second-order valence-corrected chi connectivity index (χ2v) is 8.55. The van der Waals surface area contributed by atoms with E-state index in [1.54, 1.807) is 6.92 Å². The van der Waals surface area contributed by atoms with Crippen molar-refractivity contribution in [1.82, 2.24) is 4.31 Å². The molecule has 4 nitrogen and oxygen atoms in total. The van der Waals surface area contributed by atoms with Crippen LogP contribution < -0.4 is 4.90 Å². The largest absolute Gasteiger partial charge is 0.369 e. The third-order valence-corrected chi connectivity index (χ3v) is 6.98. The summed E-state index contributed by atoms with van der Waals surface area (Å²) in [5, 5.41) is 0.703. The van der Waals surface area contributed by atoms with Crippen molar-refractivity contribution in [3.8, 4) is 0 Å². The highest BCUT2D eigenvalue weighted by molar-refractivity contribution is 7.89. The molecule has 0 spiro atoms. The Kier molecular flexibility index (Phi) is 5.04. The average molecular weight is 383 g/mol. The van der Waals surface area contributed by atoms with Gasteiger partial charge in [-0.3, -0.25) is 0 Å². The van der Waals surface area contributed by atoms with Crippen LogP contribution in [-0.2, 0) is 10.0 Å². The van der Waals surface area contributed by atoms with Crippen molar-refractivity contribution >= 4 is 27.3 Å². The van der Waals surface area contributed by atoms with Crippen LogP contribution >= 0.6 is 11.6 Å². The number of hydrogen-bond acceptors (Lipinski definition) is 3. The second-order valence-electron chi connectivity index (χ2n) is 6.23. The molecule has 2 aromatic carbocycles. The molecule has 1 aliphatic heterocycles. The lowest BCUT2D eigenvalue weighted by Gasteiger charge is -2.35. The molecule has 134 valence electrons. The summed E-state index contributed by atoms with van der Waals surface area (Å²) in [6.45, 7) is 5.48. The van der Waals surface area contributed by atoms with E-state index in [0.717, 1.165) is 11.3 Å². The molecule has 0 aliphatic carbocycles. The van der Waals surface area contributed by atoms with Gasteiger partial charge in [0.05, 0.1) is 4.90 Å². The fourth-order valence-electron chi connectivity index (χ4n) is 3.01. The number of anilines is 1. The van der Waals surface area contributed by atoms with Crippen molar-refractivity contribution in [2.45, 2.75) is 18.7 Å². The van der Waals surface area contributed by atoms with E-state index in [9.17, 15) is 12.8 Å². The van der Waals surface area contributed by atoms with Crippen LogP contribution in [0.15, 0.2) is 41.3 Å². The van der Waals surface area contributed by atoms with E-state index in [0.29, 0.717) is 36.8 Å². The lowest BCUT2D eigenvalue weighted by Crippen LogP contribution is -2.48. The monoisotopic (exact) mass is 382 g/mol. The Hall–Kier alpha value is -1.63. The maximum Gasteiger partial charge on any atom is 0.243 e. The zero-order valence-corrected chi connectivity index (χ0v) is 15.7. The smallest absolute Gasteiger partial charge is 0.243 e. The standard InChI is InChI=1S/C18H20ClFN2O2S/c1-13-3-5-16(12-17(13)19)21-7-9-22(10-8-21)25(23,24)18-6-4-15(20)11-14(18)2/h3-6,11-12H,7-10H2,1-2H3. The highest BCUT2D eigenvalue weighted by Crippen LogP contribution is 2.26. The van der Waals surface area contributed by atoms with Crippen LogP contribution in [-0.4, -0.2) is 38.9 Å². The van der Waals surface area contributed by atoms with Crippen molar-refractivity contribution in [3.63, 3.8) is 0 Å². The van der Waals surface area contributed by atoms with Gasteiger partial charge in [-0.05, 0) is 55.3 Å².